The molecule has 0 aromatic carbocycles. The Labute approximate surface area is 106 Å². The quantitative estimate of drug-likeness (QED) is 0.458. The first-order valence-electron chi connectivity index (χ1n) is 6.61. The Morgan fingerprint density at radius 1 is 1.00 bits per heavy atom. The van der Waals surface area contributed by atoms with Crippen LogP contribution < -0.4 is 0 Å². The maximum atomic E-state index is 10.5. The molecule has 17 heavy (non-hydrogen) atoms. The summed E-state index contributed by atoms with van der Waals surface area (Å²) in [6, 6.07) is 0. The maximum absolute atomic E-state index is 10.5. The molecular formula is C12H26O4S. The molecule has 0 spiro atoms. The fourth-order valence-corrected chi connectivity index (χ4v) is 2.21. The monoisotopic (exact) mass is 266 g/mol. The molecule has 0 aromatic rings. The number of rotatable bonds is 11. The van der Waals surface area contributed by atoms with Gasteiger partial charge in [-0.15, -0.1) is 0 Å². The molecule has 4 nitrogen and oxygen atoms in total. The van der Waals surface area contributed by atoms with Gasteiger partial charge in [0, 0.05) is 0 Å². The van der Waals surface area contributed by atoms with Crippen molar-refractivity contribution in [1.82, 2.24) is 0 Å². The van der Waals surface area contributed by atoms with E-state index in [2.05, 4.69) is 18.0 Å². The van der Waals surface area contributed by atoms with Gasteiger partial charge in [-0.2, -0.15) is 8.42 Å². The van der Waals surface area contributed by atoms with Gasteiger partial charge >= 0.3 is 10.4 Å². The molecular weight excluding hydrogens is 240 g/mol. The Kier molecular flexibility index (Phi) is 9.78. The van der Waals surface area contributed by atoms with Gasteiger partial charge in [0.1, 0.15) is 0 Å². The molecule has 0 aliphatic rings. The zero-order valence-corrected chi connectivity index (χ0v) is 11.8. The average Bonchev–Trinajstić information content (AvgIpc) is 2.25. The van der Waals surface area contributed by atoms with Crippen LogP contribution in [0.5, 0.6) is 0 Å². The number of hydrogen-bond acceptors (Lipinski definition) is 3. The summed E-state index contributed by atoms with van der Waals surface area (Å²) in [5, 5.41) is 0. The van der Waals surface area contributed by atoms with E-state index in [4.69, 9.17) is 4.55 Å². The Bertz CT molecular complexity index is 262. The summed E-state index contributed by atoms with van der Waals surface area (Å²) < 4.78 is 34.1. The number of hydrogen-bond donors (Lipinski definition) is 1. The molecule has 0 saturated carbocycles. The van der Waals surface area contributed by atoms with E-state index in [9.17, 15) is 8.42 Å². The molecule has 0 fully saturated rings. The van der Waals surface area contributed by atoms with Crippen LogP contribution in [0.25, 0.3) is 0 Å². The van der Waals surface area contributed by atoms with Crippen molar-refractivity contribution in [2.45, 2.75) is 65.2 Å². The predicted octanol–water partition coefficient (Wildman–Crippen LogP) is 3.58. The van der Waals surface area contributed by atoms with Crippen LogP contribution in [0.15, 0.2) is 0 Å². The minimum atomic E-state index is -4.28. The van der Waals surface area contributed by atoms with Crippen molar-refractivity contribution in [2.75, 3.05) is 6.61 Å². The van der Waals surface area contributed by atoms with Gasteiger partial charge in [0.05, 0.1) is 6.61 Å². The van der Waals surface area contributed by atoms with Crippen LogP contribution in [0.3, 0.4) is 0 Å². The molecule has 5 heteroatoms. The van der Waals surface area contributed by atoms with Crippen LogP contribution >= 0.6 is 0 Å². The lowest BCUT2D eigenvalue weighted by Crippen LogP contribution is -2.14. The van der Waals surface area contributed by atoms with Gasteiger partial charge < -0.3 is 0 Å². The van der Waals surface area contributed by atoms with Gasteiger partial charge in [-0.3, -0.25) is 4.55 Å². The normalized spacial score (nSPS) is 13.8. The van der Waals surface area contributed by atoms with E-state index in [0.29, 0.717) is 0 Å². The topological polar surface area (TPSA) is 63.6 Å². The molecule has 0 radical (unpaired) electrons. The first kappa shape index (κ1) is 16.9. The highest BCUT2D eigenvalue weighted by Crippen LogP contribution is 2.18. The SMILES string of the molecule is CCCCCCC(CCCC)COS(=O)(=O)O. The molecule has 0 aromatic heterocycles. The first-order chi connectivity index (χ1) is 7.99. The molecule has 0 aliphatic carbocycles. The van der Waals surface area contributed by atoms with E-state index in [1.54, 1.807) is 0 Å². The molecule has 1 unspecified atom stereocenters. The summed E-state index contributed by atoms with van der Waals surface area (Å²) in [6.45, 7) is 4.39. The van der Waals surface area contributed by atoms with Gasteiger partial charge in [-0.25, -0.2) is 4.18 Å². The average molecular weight is 266 g/mol. The maximum Gasteiger partial charge on any atom is 0.397 e. The summed E-state index contributed by atoms with van der Waals surface area (Å²) in [6.07, 6.45) is 8.83. The minimum absolute atomic E-state index is 0.116. The van der Waals surface area contributed by atoms with E-state index in [-0.39, 0.29) is 12.5 Å². The molecule has 1 atom stereocenters. The molecule has 0 heterocycles. The van der Waals surface area contributed by atoms with E-state index in [0.717, 1.165) is 32.1 Å². The molecule has 104 valence electrons. The smallest absolute Gasteiger partial charge is 0.264 e. The molecule has 1 N–H and O–H groups in total. The Balaban J connectivity index is 3.87. The lowest BCUT2D eigenvalue weighted by atomic mass is 9.96. The second kappa shape index (κ2) is 9.85. The molecule has 0 rings (SSSR count). The van der Waals surface area contributed by atoms with Crippen LogP contribution in [0, 0.1) is 5.92 Å². The molecule has 0 amide bonds. The third kappa shape index (κ3) is 12.1. The zero-order chi connectivity index (χ0) is 13.1. The van der Waals surface area contributed by atoms with Gasteiger partial charge in [-0.05, 0) is 18.8 Å². The summed E-state index contributed by atoms with van der Waals surface area (Å²) in [4.78, 5) is 0. The predicted molar refractivity (Wildman–Crippen MR) is 69.3 cm³/mol. The second-order valence-electron chi connectivity index (χ2n) is 4.57. The van der Waals surface area contributed by atoms with Crippen LogP contribution in [0.4, 0.5) is 0 Å². The van der Waals surface area contributed by atoms with Crippen molar-refractivity contribution < 1.29 is 17.2 Å². The van der Waals surface area contributed by atoms with Crippen LogP contribution in [0.2, 0.25) is 0 Å². The van der Waals surface area contributed by atoms with Gasteiger partial charge in [-0.1, -0.05) is 52.4 Å². The van der Waals surface area contributed by atoms with Crippen LogP contribution in [-0.4, -0.2) is 19.6 Å². The fourth-order valence-electron chi connectivity index (χ4n) is 1.85. The van der Waals surface area contributed by atoms with Crippen molar-refractivity contribution in [3.63, 3.8) is 0 Å². The van der Waals surface area contributed by atoms with Crippen molar-refractivity contribution in [2.24, 2.45) is 5.92 Å². The highest BCUT2D eigenvalue weighted by atomic mass is 32.3. The summed E-state index contributed by atoms with van der Waals surface area (Å²) in [5.41, 5.74) is 0. The van der Waals surface area contributed by atoms with Gasteiger partial charge in [0.2, 0.25) is 0 Å². The first-order valence-corrected chi connectivity index (χ1v) is 7.98. The third-order valence-corrected chi connectivity index (χ3v) is 3.32. The summed E-state index contributed by atoms with van der Waals surface area (Å²) in [7, 11) is -4.28. The Morgan fingerprint density at radius 2 is 1.59 bits per heavy atom. The van der Waals surface area contributed by atoms with Gasteiger partial charge in [0.25, 0.3) is 0 Å². The van der Waals surface area contributed by atoms with Crippen molar-refractivity contribution in [3.8, 4) is 0 Å². The van der Waals surface area contributed by atoms with Crippen LogP contribution in [-0.2, 0) is 14.6 Å². The van der Waals surface area contributed by atoms with Gasteiger partial charge in [0.15, 0.2) is 0 Å². The number of unbranched alkanes of at least 4 members (excludes halogenated alkanes) is 4. The lowest BCUT2D eigenvalue weighted by Gasteiger charge is -2.15. The van der Waals surface area contributed by atoms with E-state index in [1.807, 2.05) is 0 Å². The van der Waals surface area contributed by atoms with E-state index < -0.39 is 10.4 Å². The van der Waals surface area contributed by atoms with E-state index >= 15 is 0 Å². The van der Waals surface area contributed by atoms with Crippen molar-refractivity contribution >= 4 is 10.4 Å². The second-order valence-corrected chi connectivity index (χ2v) is 5.66. The highest BCUT2D eigenvalue weighted by Gasteiger charge is 2.13. The Morgan fingerprint density at radius 3 is 2.12 bits per heavy atom. The van der Waals surface area contributed by atoms with E-state index in [1.165, 1.54) is 19.3 Å². The minimum Gasteiger partial charge on any atom is -0.264 e. The molecule has 0 bridgehead atoms. The fraction of sp³-hybridized carbons (Fsp3) is 1.00. The van der Waals surface area contributed by atoms with Crippen LogP contribution in [0.1, 0.15) is 65.2 Å². The third-order valence-electron chi connectivity index (χ3n) is 2.88. The summed E-state index contributed by atoms with van der Waals surface area (Å²) >= 11 is 0. The lowest BCUT2D eigenvalue weighted by molar-refractivity contribution is 0.205. The zero-order valence-electron chi connectivity index (χ0n) is 11.0. The Hall–Kier alpha value is -0.130. The standard InChI is InChI=1S/C12H26O4S/c1-3-5-7-8-10-12(9-6-4-2)11-16-17(13,14)15/h12H,3-11H2,1-2H3,(H,13,14,15). The molecule has 0 saturated heterocycles. The molecule has 0 aliphatic heterocycles. The van der Waals surface area contributed by atoms with Crippen molar-refractivity contribution in [3.05, 3.63) is 0 Å². The summed E-state index contributed by atoms with van der Waals surface area (Å²) in [5.74, 6) is 0.244. The highest BCUT2D eigenvalue weighted by molar-refractivity contribution is 7.80. The largest absolute Gasteiger partial charge is 0.397 e. The van der Waals surface area contributed by atoms with Crippen molar-refractivity contribution in [1.29, 1.82) is 0 Å².